The molecule has 0 bridgehead atoms. The molecule has 1 fully saturated rings. The van der Waals surface area contributed by atoms with E-state index in [-0.39, 0.29) is 31.0 Å². The highest BCUT2D eigenvalue weighted by Crippen LogP contribution is 2.27. The van der Waals surface area contributed by atoms with Crippen molar-refractivity contribution >= 4 is 36.4 Å². The van der Waals surface area contributed by atoms with E-state index in [1.54, 1.807) is 6.92 Å². The fraction of sp³-hybridized carbons (Fsp3) is 0.636. The maximum Gasteiger partial charge on any atom is 0.331 e. The molecule has 20 heavy (non-hydrogen) atoms. The van der Waals surface area contributed by atoms with Gasteiger partial charge in [0.1, 0.15) is 12.1 Å². The van der Waals surface area contributed by atoms with Crippen LogP contribution in [0.2, 0.25) is 0 Å². The number of alkyl halides is 1. The fourth-order valence-corrected chi connectivity index (χ4v) is 1.85. The minimum absolute atomic E-state index is 0.112. The average Bonchev–Trinajstić information content (AvgIpc) is 2.42. The van der Waals surface area contributed by atoms with Gasteiger partial charge in [0.2, 0.25) is 12.8 Å². The third kappa shape index (κ3) is 4.37. The molecule has 112 valence electrons. The molecule has 0 aromatic rings. The second-order valence-corrected chi connectivity index (χ2v) is 4.70. The summed E-state index contributed by atoms with van der Waals surface area (Å²) in [6, 6.07) is -1.03. The molecule has 0 radical (unpaired) electrons. The van der Waals surface area contributed by atoms with Crippen molar-refractivity contribution in [1.29, 1.82) is 0 Å². The number of hydrogen-bond acceptors (Lipinski definition) is 6. The van der Waals surface area contributed by atoms with Gasteiger partial charge in [-0.1, -0.05) is 11.6 Å². The molecular weight excluding hydrogens is 292 g/mol. The molecule has 0 saturated carbocycles. The van der Waals surface area contributed by atoms with E-state index in [4.69, 9.17) is 21.1 Å². The minimum atomic E-state index is -1.03. The van der Waals surface area contributed by atoms with E-state index >= 15 is 0 Å². The van der Waals surface area contributed by atoms with Crippen LogP contribution >= 0.6 is 11.6 Å². The molecule has 0 aliphatic carbocycles. The molecule has 0 spiro atoms. The van der Waals surface area contributed by atoms with E-state index in [0.29, 0.717) is 12.8 Å². The van der Waals surface area contributed by atoms with Crippen molar-refractivity contribution in [3.8, 4) is 0 Å². The fourth-order valence-electron chi connectivity index (χ4n) is 1.59. The number of rotatable bonds is 9. The van der Waals surface area contributed by atoms with Crippen molar-refractivity contribution in [3.63, 3.8) is 0 Å². The van der Waals surface area contributed by atoms with Crippen molar-refractivity contribution in [2.45, 2.75) is 31.1 Å². The number of esters is 2. The van der Waals surface area contributed by atoms with Gasteiger partial charge in [-0.05, 0) is 6.92 Å². The number of ether oxygens (including phenoxy) is 2. The maximum atomic E-state index is 11.7. The summed E-state index contributed by atoms with van der Waals surface area (Å²) in [6.45, 7) is 1.58. The minimum Gasteiger partial charge on any atom is -0.461 e. The number of hydrogen-bond donors (Lipinski definition) is 2. The van der Waals surface area contributed by atoms with Crippen LogP contribution in [0.25, 0.3) is 0 Å². The lowest BCUT2D eigenvalue weighted by Crippen LogP contribution is -2.47. The van der Waals surface area contributed by atoms with Gasteiger partial charge in [0.25, 0.3) is 0 Å². The Morgan fingerprint density at radius 2 is 2.20 bits per heavy atom. The normalized spacial score (nSPS) is 23.6. The summed E-state index contributed by atoms with van der Waals surface area (Å²) in [5.74, 6) is -1.39. The molecule has 0 aromatic heterocycles. The Hall–Kier alpha value is -1.83. The molecule has 9 heteroatoms. The van der Waals surface area contributed by atoms with Crippen LogP contribution in [-0.2, 0) is 28.7 Å². The van der Waals surface area contributed by atoms with Crippen molar-refractivity contribution in [3.05, 3.63) is 0 Å². The SMILES string of the molecule is C[C@@H]1C(=O)O[C@H]1C[C@H](Cl)OC(=O)[C@H](CNC=O)NC=O. The first kappa shape index (κ1) is 16.2. The Kier molecular flexibility index (Phi) is 6.23. The molecule has 8 nitrogen and oxygen atoms in total. The molecule has 1 heterocycles. The van der Waals surface area contributed by atoms with Gasteiger partial charge in [-0.3, -0.25) is 14.4 Å². The Morgan fingerprint density at radius 3 is 2.70 bits per heavy atom. The van der Waals surface area contributed by atoms with Crippen LogP contribution in [-0.4, -0.2) is 49.0 Å². The molecule has 1 aliphatic rings. The van der Waals surface area contributed by atoms with Gasteiger partial charge in [0.05, 0.1) is 5.92 Å². The van der Waals surface area contributed by atoms with Crippen LogP contribution in [0.3, 0.4) is 0 Å². The highest BCUT2D eigenvalue weighted by molar-refractivity contribution is 6.20. The predicted octanol–water partition coefficient (Wildman–Crippen LogP) is -1.09. The monoisotopic (exact) mass is 306 g/mol. The molecule has 1 saturated heterocycles. The second kappa shape index (κ2) is 7.68. The first-order chi connectivity index (χ1) is 9.49. The van der Waals surface area contributed by atoms with E-state index in [0.717, 1.165) is 0 Å². The van der Waals surface area contributed by atoms with E-state index in [1.165, 1.54) is 0 Å². The van der Waals surface area contributed by atoms with E-state index in [2.05, 4.69) is 10.6 Å². The van der Waals surface area contributed by atoms with Crippen molar-refractivity contribution < 1.29 is 28.7 Å². The number of carbonyl (C=O) groups excluding carboxylic acids is 4. The molecule has 4 atom stereocenters. The maximum absolute atomic E-state index is 11.7. The Balaban J connectivity index is 2.39. The lowest BCUT2D eigenvalue weighted by Gasteiger charge is -2.33. The van der Waals surface area contributed by atoms with Crippen LogP contribution in [0.4, 0.5) is 0 Å². The average molecular weight is 307 g/mol. The van der Waals surface area contributed by atoms with Crippen molar-refractivity contribution in [2.24, 2.45) is 5.92 Å². The zero-order chi connectivity index (χ0) is 15.1. The van der Waals surface area contributed by atoms with E-state index in [1.807, 2.05) is 0 Å². The molecular formula is C11H15ClN2O6. The highest BCUT2D eigenvalue weighted by Gasteiger charge is 2.40. The molecule has 2 amide bonds. The summed E-state index contributed by atoms with van der Waals surface area (Å²) >= 11 is 5.83. The molecule has 0 aromatic carbocycles. The lowest BCUT2D eigenvalue weighted by atomic mass is 9.97. The zero-order valence-corrected chi connectivity index (χ0v) is 11.5. The number of carbonyl (C=O) groups is 4. The largest absolute Gasteiger partial charge is 0.461 e. The van der Waals surface area contributed by atoms with Crippen LogP contribution in [0.1, 0.15) is 13.3 Å². The van der Waals surface area contributed by atoms with Crippen molar-refractivity contribution in [2.75, 3.05) is 6.54 Å². The quantitative estimate of drug-likeness (QED) is 0.318. The second-order valence-electron chi connectivity index (χ2n) is 4.21. The highest BCUT2D eigenvalue weighted by atomic mass is 35.5. The van der Waals surface area contributed by atoms with Crippen LogP contribution < -0.4 is 10.6 Å². The number of amides is 2. The number of cyclic esters (lactones) is 1. The summed E-state index contributed by atoms with van der Waals surface area (Å²) in [5, 5.41) is 4.45. The molecule has 1 rings (SSSR count). The summed E-state index contributed by atoms with van der Waals surface area (Å²) in [4.78, 5) is 43.1. The van der Waals surface area contributed by atoms with Gasteiger partial charge in [0, 0.05) is 13.0 Å². The van der Waals surface area contributed by atoms with Gasteiger partial charge in [0.15, 0.2) is 5.56 Å². The summed E-state index contributed by atoms with van der Waals surface area (Å²) < 4.78 is 9.74. The Labute approximate surface area is 120 Å². The number of nitrogens with one attached hydrogen (secondary N) is 2. The summed E-state index contributed by atoms with van der Waals surface area (Å²) in [5.41, 5.74) is -0.991. The third-order valence-electron chi connectivity index (χ3n) is 2.82. The lowest BCUT2D eigenvalue weighted by molar-refractivity contribution is -0.185. The van der Waals surface area contributed by atoms with Gasteiger partial charge in [-0.15, -0.1) is 0 Å². The Bertz CT molecular complexity index is 391. The van der Waals surface area contributed by atoms with Crippen molar-refractivity contribution in [1.82, 2.24) is 10.6 Å². The smallest absolute Gasteiger partial charge is 0.331 e. The zero-order valence-electron chi connectivity index (χ0n) is 10.7. The summed E-state index contributed by atoms with van der Waals surface area (Å²) in [7, 11) is 0. The number of halogens is 1. The predicted molar refractivity (Wildman–Crippen MR) is 66.4 cm³/mol. The van der Waals surface area contributed by atoms with Gasteiger partial charge >= 0.3 is 11.9 Å². The Morgan fingerprint density at radius 1 is 1.50 bits per heavy atom. The molecule has 2 N–H and O–H groups in total. The first-order valence-corrected chi connectivity index (χ1v) is 6.35. The standard InChI is InChI=1S/C11H15ClN2O6/c1-6-8(19-10(6)17)2-9(12)20-11(18)7(14-5-16)3-13-4-15/h4-9H,2-3H2,1H3,(H,13,15)(H,14,16)/t6-,7-,8-,9+/m0/s1. The van der Waals surface area contributed by atoms with Crippen LogP contribution in [0.5, 0.6) is 0 Å². The van der Waals surface area contributed by atoms with Gasteiger partial charge < -0.3 is 20.1 Å². The molecule has 1 aliphatic heterocycles. The summed E-state index contributed by atoms with van der Waals surface area (Å²) in [6.07, 6.45) is 0.482. The van der Waals surface area contributed by atoms with Crippen LogP contribution in [0.15, 0.2) is 0 Å². The molecule has 0 unspecified atom stereocenters. The van der Waals surface area contributed by atoms with Crippen LogP contribution in [0, 0.1) is 5.92 Å². The third-order valence-corrected chi connectivity index (χ3v) is 3.08. The van der Waals surface area contributed by atoms with Gasteiger partial charge in [-0.25, -0.2) is 4.79 Å². The van der Waals surface area contributed by atoms with Gasteiger partial charge in [-0.2, -0.15) is 0 Å². The topological polar surface area (TPSA) is 111 Å². The first-order valence-electron chi connectivity index (χ1n) is 5.91. The van der Waals surface area contributed by atoms with E-state index in [9.17, 15) is 19.2 Å². The van der Waals surface area contributed by atoms with E-state index < -0.39 is 17.6 Å².